The molecule has 8 heteroatoms. The van der Waals surface area contributed by atoms with E-state index < -0.39 is 5.95 Å². The molecule has 2 aromatic carbocycles. The Balaban J connectivity index is 1.60. The van der Waals surface area contributed by atoms with Crippen molar-refractivity contribution in [3.8, 4) is 11.6 Å². The van der Waals surface area contributed by atoms with Gasteiger partial charge < -0.3 is 14.9 Å². The number of hydrogen-bond acceptors (Lipinski definition) is 5. The van der Waals surface area contributed by atoms with Gasteiger partial charge in [-0.15, -0.1) is 0 Å². The predicted octanol–water partition coefficient (Wildman–Crippen LogP) is 2.80. The molecule has 0 aliphatic carbocycles. The van der Waals surface area contributed by atoms with Crippen LogP contribution in [0.4, 0.5) is 5.69 Å². The lowest BCUT2D eigenvalue weighted by Gasteiger charge is -2.06. The number of hydrogen-bond donors (Lipinski definition) is 1. The highest BCUT2D eigenvalue weighted by atomic mass is 35.5. The zero-order chi connectivity index (χ0) is 17.6. The van der Waals surface area contributed by atoms with Crippen molar-refractivity contribution >= 4 is 35.0 Å². The maximum absolute atomic E-state index is 12.0. The Hall–Kier alpha value is -2.51. The Morgan fingerprint density at radius 1 is 1.20 bits per heavy atom. The number of nitrogens with zero attached hydrogens (tertiary/aromatic N) is 2. The number of nitrogens with one attached hydrogen (secondary N) is 1. The van der Waals surface area contributed by atoms with Gasteiger partial charge >= 0.3 is 0 Å². The SMILES string of the molecule is O=C(CCSc1c([O-])on[n+]1-c1ccccc1)Nc1ccccc1Cl. The lowest BCUT2D eigenvalue weighted by molar-refractivity contribution is -0.705. The first kappa shape index (κ1) is 17.3. The number of carbonyl (C=O) groups excluding carboxylic acids is 1. The smallest absolute Gasteiger partial charge is 0.297 e. The second-order valence-corrected chi connectivity index (χ2v) is 6.53. The van der Waals surface area contributed by atoms with Crippen molar-refractivity contribution in [1.82, 2.24) is 5.27 Å². The van der Waals surface area contributed by atoms with E-state index in [2.05, 4.69) is 10.6 Å². The summed E-state index contributed by atoms with van der Waals surface area (Å²) in [5.41, 5.74) is 1.28. The van der Waals surface area contributed by atoms with Crippen molar-refractivity contribution in [2.24, 2.45) is 0 Å². The third kappa shape index (κ3) is 4.32. The molecule has 0 saturated carbocycles. The summed E-state index contributed by atoms with van der Waals surface area (Å²) >= 11 is 7.23. The van der Waals surface area contributed by atoms with Crippen LogP contribution in [0.25, 0.3) is 5.69 Å². The maximum atomic E-state index is 12.0. The summed E-state index contributed by atoms with van der Waals surface area (Å²) in [6, 6.07) is 16.2. The Morgan fingerprint density at radius 2 is 1.92 bits per heavy atom. The van der Waals surface area contributed by atoms with Gasteiger partial charge in [-0.3, -0.25) is 4.79 Å². The van der Waals surface area contributed by atoms with Gasteiger partial charge in [-0.05, 0) is 16.8 Å². The van der Waals surface area contributed by atoms with Gasteiger partial charge in [-0.2, -0.15) is 0 Å². The molecule has 3 aromatic rings. The van der Waals surface area contributed by atoms with Crippen LogP contribution in [-0.2, 0) is 4.79 Å². The standard InChI is InChI=1S/C17H14ClN3O3S/c18-13-8-4-5-9-14(13)19-15(22)10-11-25-16-17(23)24-20-21(16)12-6-2-1-3-7-12/h1-9H,10-11H2,(H-,19,20,22,23). The minimum atomic E-state index is -0.527. The lowest BCUT2D eigenvalue weighted by atomic mass is 10.3. The summed E-state index contributed by atoms with van der Waals surface area (Å²) in [5, 5.41) is 19.1. The number of carbonyl (C=O) groups is 1. The highest BCUT2D eigenvalue weighted by Crippen LogP contribution is 2.24. The first-order valence-corrected chi connectivity index (χ1v) is 8.83. The molecule has 0 unspecified atom stereocenters. The van der Waals surface area contributed by atoms with Crippen LogP contribution in [0.1, 0.15) is 6.42 Å². The summed E-state index contributed by atoms with van der Waals surface area (Å²) in [6.07, 6.45) is 0.218. The molecule has 0 atom stereocenters. The monoisotopic (exact) mass is 375 g/mol. The molecule has 0 fully saturated rings. The Bertz CT molecular complexity index is 871. The van der Waals surface area contributed by atoms with Gasteiger partial charge in [-0.25, -0.2) is 0 Å². The van der Waals surface area contributed by atoms with E-state index >= 15 is 0 Å². The normalized spacial score (nSPS) is 10.6. The first-order chi connectivity index (χ1) is 12.1. The van der Waals surface area contributed by atoms with Crippen LogP contribution in [-0.4, -0.2) is 16.9 Å². The quantitative estimate of drug-likeness (QED) is 0.529. The molecule has 1 amide bonds. The largest absolute Gasteiger partial charge is 0.538 e. The average molecular weight is 376 g/mol. The number of halogens is 1. The van der Waals surface area contributed by atoms with Crippen LogP contribution >= 0.6 is 23.4 Å². The summed E-state index contributed by atoms with van der Waals surface area (Å²) < 4.78 is 6.17. The van der Waals surface area contributed by atoms with Crippen LogP contribution < -0.4 is 15.1 Å². The number of aromatic nitrogens is 2. The van der Waals surface area contributed by atoms with E-state index in [-0.39, 0.29) is 12.3 Å². The minimum absolute atomic E-state index is 0.184. The Morgan fingerprint density at radius 3 is 2.68 bits per heavy atom. The molecular formula is C17H14ClN3O3S. The molecular weight excluding hydrogens is 362 g/mol. The molecule has 0 spiro atoms. The minimum Gasteiger partial charge on any atom is -0.538 e. The third-order valence-electron chi connectivity index (χ3n) is 3.29. The molecule has 128 valence electrons. The average Bonchev–Trinajstić information content (AvgIpc) is 2.99. The molecule has 0 aliphatic heterocycles. The number of rotatable bonds is 6. The number of anilines is 1. The van der Waals surface area contributed by atoms with Gasteiger partial charge in [0.15, 0.2) is 5.95 Å². The highest BCUT2D eigenvalue weighted by Gasteiger charge is 2.21. The van der Waals surface area contributed by atoms with Gasteiger partial charge in [0, 0.05) is 24.3 Å². The first-order valence-electron chi connectivity index (χ1n) is 7.47. The number of thioether (sulfide) groups is 1. The van der Waals surface area contributed by atoms with Crippen LogP contribution in [0.15, 0.2) is 64.1 Å². The van der Waals surface area contributed by atoms with E-state index in [0.717, 1.165) is 5.69 Å². The fourth-order valence-corrected chi connectivity index (χ4v) is 3.19. The number of para-hydroxylation sites is 2. The third-order valence-corrected chi connectivity index (χ3v) is 4.64. The van der Waals surface area contributed by atoms with Crippen molar-refractivity contribution in [2.75, 3.05) is 11.1 Å². The van der Waals surface area contributed by atoms with E-state index in [1.807, 2.05) is 30.3 Å². The fraction of sp³-hybridized carbons (Fsp3) is 0.118. The highest BCUT2D eigenvalue weighted by molar-refractivity contribution is 7.99. The molecule has 0 radical (unpaired) electrons. The van der Waals surface area contributed by atoms with Gasteiger partial charge in [-0.1, -0.05) is 53.7 Å². The van der Waals surface area contributed by atoms with Gasteiger partial charge in [0.1, 0.15) is 0 Å². The molecule has 6 nitrogen and oxygen atoms in total. The molecule has 25 heavy (non-hydrogen) atoms. The summed E-state index contributed by atoms with van der Waals surface area (Å²) in [6.45, 7) is 0. The topological polar surface area (TPSA) is 82.1 Å². The van der Waals surface area contributed by atoms with E-state index in [0.29, 0.717) is 21.5 Å². The Kier molecular flexibility index (Phi) is 5.57. The van der Waals surface area contributed by atoms with Crippen molar-refractivity contribution in [3.05, 3.63) is 59.6 Å². The van der Waals surface area contributed by atoms with Crippen LogP contribution in [0, 0.1) is 0 Å². The van der Waals surface area contributed by atoms with Crippen molar-refractivity contribution in [3.63, 3.8) is 0 Å². The zero-order valence-corrected chi connectivity index (χ0v) is 14.6. The van der Waals surface area contributed by atoms with Crippen molar-refractivity contribution in [2.45, 2.75) is 11.4 Å². The molecule has 0 aliphatic rings. The Labute approximate surface area is 153 Å². The molecule has 1 heterocycles. The second-order valence-electron chi connectivity index (χ2n) is 5.04. The molecule has 3 rings (SSSR count). The van der Waals surface area contributed by atoms with Crippen LogP contribution in [0.5, 0.6) is 5.95 Å². The number of amides is 1. The summed E-state index contributed by atoms with van der Waals surface area (Å²) in [5.74, 6) is -0.310. The van der Waals surface area contributed by atoms with E-state index in [4.69, 9.17) is 16.1 Å². The van der Waals surface area contributed by atoms with Crippen LogP contribution in [0.2, 0.25) is 5.02 Å². The lowest BCUT2D eigenvalue weighted by Crippen LogP contribution is -2.34. The van der Waals surface area contributed by atoms with Gasteiger partial charge in [0.05, 0.1) is 16.0 Å². The molecule has 0 saturated heterocycles. The molecule has 1 N–H and O–H groups in total. The molecule has 1 aromatic heterocycles. The zero-order valence-electron chi connectivity index (χ0n) is 13.0. The van der Waals surface area contributed by atoms with Crippen molar-refractivity contribution < 1.29 is 19.1 Å². The van der Waals surface area contributed by atoms with Gasteiger partial charge in [0.2, 0.25) is 11.6 Å². The summed E-state index contributed by atoms with van der Waals surface area (Å²) in [7, 11) is 0. The maximum Gasteiger partial charge on any atom is 0.297 e. The second kappa shape index (κ2) is 8.04. The van der Waals surface area contributed by atoms with E-state index in [9.17, 15) is 9.90 Å². The van der Waals surface area contributed by atoms with Crippen molar-refractivity contribution in [1.29, 1.82) is 0 Å². The van der Waals surface area contributed by atoms with Crippen LogP contribution in [0.3, 0.4) is 0 Å². The molecule has 0 bridgehead atoms. The summed E-state index contributed by atoms with van der Waals surface area (Å²) in [4.78, 5) is 12.0. The van der Waals surface area contributed by atoms with Gasteiger partial charge in [0.25, 0.3) is 5.03 Å². The van der Waals surface area contributed by atoms with E-state index in [1.165, 1.54) is 16.4 Å². The predicted molar refractivity (Wildman–Crippen MR) is 92.9 cm³/mol. The number of benzene rings is 2. The fourth-order valence-electron chi connectivity index (χ4n) is 2.11. The van der Waals surface area contributed by atoms with E-state index in [1.54, 1.807) is 24.3 Å².